The van der Waals surface area contributed by atoms with E-state index >= 15 is 0 Å². The van der Waals surface area contributed by atoms with Gasteiger partial charge in [0, 0.05) is 0 Å². The number of aliphatic hydroxyl groups is 3. The van der Waals surface area contributed by atoms with Crippen molar-refractivity contribution in [2.45, 2.75) is 18.1 Å². The molecule has 0 bridgehead atoms. The molecular weight excluding hydrogens is 143 g/mol. The average molecular weight is 151 g/mol. The van der Waals surface area contributed by atoms with Crippen LogP contribution in [0.4, 0.5) is 4.39 Å². The van der Waals surface area contributed by atoms with Crippen molar-refractivity contribution >= 4 is 0 Å². The van der Waals surface area contributed by atoms with E-state index in [-0.39, 0.29) is 0 Å². The van der Waals surface area contributed by atoms with Crippen molar-refractivity contribution in [3.05, 3.63) is 6.61 Å². The predicted molar refractivity (Wildman–Crippen MR) is 28.3 cm³/mol. The van der Waals surface area contributed by atoms with Crippen molar-refractivity contribution in [1.29, 1.82) is 0 Å². The molecule has 1 heterocycles. The largest absolute Gasteiger partial charge is 0.394 e. The van der Waals surface area contributed by atoms with E-state index in [9.17, 15) is 4.39 Å². The van der Waals surface area contributed by atoms with Gasteiger partial charge in [-0.2, -0.15) is 0 Å². The molecule has 1 aliphatic heterocycles. The van der Waals surface area contributed by atoms with Gasteiger partial charge in [-0.15, -0.1) is 0 Å². The highest BCUT2D eigenvalue weighted by Gasteiger charge is 2.48. The van der Waals surface area contributed by atoms with Crippen molar-refractivity contribution in [2.75, 3.05) is 6.61 Å². The molecule has 0 saturated carbocycles. The topological polar surface area (TPSA) is 69.9 Å². The molecule has 1 rings (SSSR count). The van der Waals surface area contributed by atoms with Crippen LogP contribution in [0.5, 0.6) is 0 Å². The lowest BCUT2D eigenvalue weighted by Crippen LogP contribution is -2.39. The smallest absolute Gasteiger partial charge is 0.264 e. The zero-order valence-corrected chi connectivity index (χ0v) is 5.07. The minimum absolute atomic E-state index is 0.471. The maximum absolute atomic E-state index is 12.5. The summed E-state index contributed by atoms with van der Waals surface area (Å²) in [5, 5.41) is 25.7. The van der Waals surface area contributed by atoms with Gasteiger partial charge in [-0.05, 0) is 0 Å². The summed E-state index contributed by atoms with van der Waals surface area (Å²) < 4.78 is 16.8. The summed E-state index contributed by atoms with van der Waals surface area (Å²) in [4.78, 5) is 0. The Morgan fingerprint density at radius 2 is 2.30 bits per heavy atom. The number of alkyl halides is 1. The van der Waals surface area contributed by atoms with Gasteiger partial charge in [0.15, 0.2) is 6.61 Å². The van der Waals surface area contributed by atoms with Crippen molar-refractivity contribution in [3.8, 4) is 0 Å². The van der Waals surface area contributed by atoms with E-state index in [0.29, 0.717) is 6.61 Å². The van der Waals surface area contributed by atoms with Crippen LogP contribution in [0.3, 0.4) is 0 Å². The van der Waals surface area contributed by atoms with Crippen LogP contribution in [0.25, 0.3) is 0 Å². The van der Waals surface area contributed by atoms with E-state index in [1.165, 1.54) is 0 Å². The number of aliphatic hydroxyl groups excluding tert-OH is 2. The molecule has 59 valence electrons. The second-order valence-corrected chi connectivity index (χ2v) is 2.15. The van der Waals surface area contributed by atoms with Crippen molar-refractivity contribution in [1.82, 2.24) is 0 Å². The van der Waals surface area contributed by atoms with Gasteiger partial charge in [0.25, 0.3) is 5.85 Å². The first kappa shape index (κ1) is 7.87. The highest BCUT2D eigenvalue weighted by atomic mass is 19.2. The summed E-state index contributed by atoms with van der Waals surface area (Å²) in [7, 11) is 0. The van der Waals surface area contributed by atoms with E-state index in [4.69, 9.17) is 15.3 Å². The number of rotatable bonds is 1. The van der Waals surface area contributed by atoms with Crippen LogP contribution in [0.2, 0.25) is 0 Å². The molecule has 1 radical (unpaired) electrons. The zero-order chi connectivity index (χ0) is 7.78. The minimum atomic E-state index is -2.83. The second-order valence-electron chi connectivity index (χ2n) is 2.15. The van der Waals surface area contributed by atoms with Gasteiger partial charge in [-0.1, -0.05) is 0 Å². The fourth-order valence-corrected chi connectivity index (χ4v) is 0.731. The molecule has 1 fully saturated rings. The molecule has 0 spiro atoms. The molecule has 0 amide bonds. The van der Waals surface area contributed by atoms with Gasteiger partial charge in [0.2, 0.25) is 0 Å². The minimum Gasteiger partial charge on any atom is -0.394 e. The lowest BCUT2D eigenvalue weighted by molar-refractivity contribution is -0.133. The first-order valence-electron chi connectivity index (χ1n) is 2.78. The molecule has 0 aromatic heterocycles. The Morgan fingerprint density at radius 3 is 2.50 bits per heavy atom. The normalized spacial score (nSPS) is 48.0. The Bertz CT molecular complexity index is 127. The predicted octanol–water partition coefficient (Wildman–Crippen LogP) is -1.44. The molecule has 10 heavy (non-hydrogen) atoms. The van der Waals surface area contributed by atoms with Crippen LogP contribution >= 0.6 is 0 Å². The van der Waals surface area contributed by atoms with Crippen LogP contribution in [-0.4, -0.2) is 40.0 Å². The first-order chi connectivity index (χ1) is 4.58. The molecule has 0 aromatic carbocycles. The molecule has 1 saturated heterocycles. The lowest BCUT2D eigenvalue weighted by Gasteiger charge is -2.15. The molecule has 0 unspecified atom stereocenters. The van der Waals surface area contributed by atoms with Gasteiger partial charge >= 0.3 is 0 Å². The Kier molecular flexibility index (Phi) is 1.91. The molecule has 3 atom stereocenters. The third-order valence-electron chi connectivity index (χ3n) is 1.36. The fourth-order valence-electron chi connectivity index (χ4n) is 0.731. The number of halogens is 1. The van der Waals surface area contributed by atoms with Gasteiger partial charge < -0.3 is 20.1 Å². The van der Waals surface area contributed by atoms with Crippen molar-refractivity contribution in [2.24, 2.45) is 0 Å². The van der Waals surface area contributed by atoms with E-state index in [0.717, 1.165) is 0 Å². The third kappa shape index (κ3) is 1.13. The number of hydrogen-bond donors (Lipinski definition) is 3. The standard InChI is InChI=1S/C5H8FO4/c6-5(9)2-10-3(1-7)4(5)8/h2-4,7-9H,1H2/t3-,4-,5+/m0/s1. The SMILES string of the molecule is OC[C@@H]1O[CH][C@](O)(F)[C@H]1O. The summed E-state index contributed by atoms with van der Waals surface area (Å²) in [6, 6.07) is 0. The molecular formula is C5H8FO4. The number of hydrogen-bond acceptors (Lipinski definition) is 4. The quantitative estimate of drug-likeness (QED) is 0.429. The first-order valence-corrected chi connectivity index (χ1v) is 2.78. The van der Waals surface area contributed by atoms with E-state index in [1.807, 2.05) is 0 Å². The zero-order valence-electron chi connectivity index (χ0n) is 5.07. The third-order valence-corrected chi connectivity index (χ3v) is 1.36. The van der Waals surface area contributed by atoms with E-state index in [2.05, 4.69) is 4.74 Å². The average Bonchev–Trinajstić information content (AvgIpc) is 2.10. The molecule has 0 aromatic rings. The molecule has 1 aliphatic rings. The van der Waals surface area contributed by atoms with Gasteiger partial charge in [0.05, 0.1) is 6.61 Å². The Hall–Kier alpha value is -0.230. The Labute approximate surface area is 56.9 Å². The van der Waals surface area contributed by atoms with Crippen LogP contribution in [-0.2, 0) is 4.74 Å². The lowest BCUT2D eigenvalue weighted by atomic mass is 10.1. The Balaban J connectivity index is 2.58. The van der Waals surface area contributed by atoms with Crippen molar-refractivity contribution in [3.63, 3.8) is 0 Å². The van der Waals surface area contributed by atoms with Gasteiger partial charge in [0.1, 0.15) is 12.2 Å². The highest BCUT2D eigenvalue weighted by Crippen LogP contribution is 2.28. The fraction of sp³-hybridized carbons (Fsp3) is 0.800. The summed E-state index contributed by atoms with van der Waals surface area (Å²) in [6.45, 7) is -0.0531. The second kappa shape index (κ2) is 2.43. The summed E-state index contributed by atoms with van der Waals surface area (Å²) in [5.41, 5.74) is 0. The maximum atomic E-state index is 12.5. The highest BCUT2D eigenvalue weighted by molar-refractivity contribution is 4.95. The summed E-state index contributed by atoms with van der Waals surface area (Å²) >= 11 is 0. The maximum Gasteiger partial charge on any atom is 0.264 e. The molecule has 3 N–H and O–H groups in total. The van der Waals surface area contributed by atoms with E-state index in [1.54, 1.807) is 0 Å². The van der Waals surface area contributed by atoms with Crippen molar-refractivity contribution < 1.29 is 24.4 Å². The van der Waals surface area contributed by atoms with Crippen LogP contribution in [0.1, 0.15) is 0 Å². The summed E-state index contributed by atoms with van der Waals surface area (Å²) in [5.74, 6) is -2.83. The van der Waals surface area contributed by atoms with Crippen LogP contribution in [0, 0.1) is 6.61 Å². The van der Waals surface area contributed by atoms with Gasteiger partial charge in [-0.25, -0.2) is 4.39 Å². The molecule has 0 aliphatic carbocycles. The Morgan fingerprint density at radius 1 is 1.70 bits per heavy atom. The molecule has 4 nitrogen and oxygen atoms in total. The van der Waals surface area contributed by atoms with E-state index < -0.39 is 24.7 Å². The van der Waals surface area contributed by atoms with Crippen LogP contribution in [0.15, 0.2) is 0 Å². The summed E-state index contributed by atoms with van der Waals surface area (Å²) in [6.07, 6.45) is -2.76. The monoisotopic (exact) mass is 151 g/mol. The van der Waals surface area contributed by atoms with Gasteiger partial charge in [-0.3, -0.25) is 0 Å². The number of ether oxygens (including phenoxy) is 1. The molecule has 5 heteroatoms. The van der Waals surface area contributed by atoms with Crippen LogP contribution < -0.4 is 0 Å².